The number of benzene rings is 1. The summed E-state index contributed by atoms with van der Waals surface area (Å²) in [5.74, 6) is 6.01. The van der Waals surface area contributed by atoms with E-state index >= 15 is 0 Å². The summed E-state index contributed by atoms with van der Waals surface area (Å²) in [6, 6.07) is 3.11. The van der Waals surface area contributed by atoms with Crippen LogP contribution in [0.25, 0.3) is 0 Å². The molecule has 8 heteroatoms. The van der Waals surface area contributed by atoms with E-state index in [-0.39, 0.29) is 6.61 Å². The molecule has 1 aromatic carbocycles. The van der Waals surface area contributed by atoms with E-state index in [0.29, 0.717) is 32.3 Å². The molecule has 0 saturated heterocycles. The fourth-order valence-corrected chi connectivity index (χ4v) is 2.24. The Morgan fingerprint density at radius 1 is 1.11 bits per heavy atom. The van der Waals surface area contributed by atoms with E-state index in [2.05, 4.69) is 15.4 Å². The average Bonchev–Trinajstić information content (AvgIpc) is 2.38. The van der Waals surface area contributed by atoms with Crippen molar-refractivity contribution in [3.8, 4) is 5.75 Å². The molecule has 3 N–H and O–H groups in total. The predicted octanol–water partition coefficient (Wildman–Crippen LogP) is 3.30. The highest BCUT2D eigenvalue weighted by molar-refractivity contribution is 6.40. The molecule has 5 nitrogen and oxygen atoms in total. The topological polar surface area (TPSA) is 73.1 Å². The van der Waals surface area contributed by atoms with E-state index in [4.69, 9.17) is 45.4 Å². The van der Waals surface area contributed by atoms with Gasteiger partial charge in [0.05, 0.1) is 28.1 Å². The van der Waals surface area contributed by atoms with Crippen molar-refractivity contribution in [3.05, 3.63) is 45.3 Å². The number of hydrazine groups is 1. The molecule has 19 heavy (non-hydrogen) atoms. The average molecular weight is 320 g/mol. The molecule has 2 aromatic rings. The zero-order chi connectivity index (χ0) is 13.8. The molecule has 1 heterocycles. The molecule has 0 unspecified atom stereocenters. The van der Waals surface area contributed by atoms with Crippen molar-refractivity contribution in [2.45, 2.75) is 6.61 Å². The van der Waals surface area contributed by atoms with Crippen molar-refractivity contribution in [1.82, 2.24) is 9.97 Å². The number of nitrogen functional groups attached to an aromatic ring is 1. The highest BCUT2D eigenvalue weighted by atomic mass is 35.5. The van der Waals surface area contributed by atoms with E-state index in [1.165, 1.54) is 12.4 Å². The van der Waals surface area contributed by atoms with Crippen LogP contribution in [0.4, 0.5) is 5.82 Å². The molecule has 0 aliphatic carbocycles. The lowest BCUT2D eigenvalue weighted by Gasteiger charge is -2.10. The Hall–Kier alpha value is -1.27. The largest absolute Gasteiger partial charge is 0.484 e. The second-order valence-electron chi connectivity index (χ2n) is 3.52. The number of nitrogens with zero attached hydrogens (tertiary/aromatic N) is 2. The van der Waals surface area contributed by atoms with Gasteiger partial charge in [0.1, 0.15) is 6.61 Å². The lowest BCUT2D eigenvalue weighted by Crippen LogP contribution is -2.09. The van der Waals surface area contributed by atoms with Gasteiger partial charge in [-0.1, -0.05) is 34.8 Å². The van der Waals surface area contributed by atoms with Crippen molar-refractivity contribution in [1.29, 1.82) is 0 Å². The summed E-state index contributed by atoms with van der Waals surface area (Å²) in [7, 11) is 0. The molecule has 0 amide bonds. The smallest absolute Gasteiger partial charge is 0.158 e. The second kappa shape index (κ2) is 6.25. The molecule has 0 atom stereocenters. The lowest BCUT2D eigenvalue weighted by atomic mass is 10.3. The molecule has 2 rings (SSSR count). The fraction of sp³-hybridized carbons (Fsp3) is 0.0909. The third-order valence-corrected chi connectivity index (χ3v) is 2.96. The first-order valence-corrected chi connectivity index (χ1v) is 6.28. The van der Waals surface area contributed by atoms with Gasteiger partial charge in [-0.25, -0.2) is 10.8 Å². The van der Waals surface area contributed by atoms with Gasteiger partial charge < -0.3 is 10.2 Å². The highest BCUT2D eigenvalue weighted by Gasteiger charge is 2.09. The standard InChI is InChI=1S/C11H9Cl3N4O/c12-6-1-8(13)11(9(14)2-6)19-5-7-3-17-10(18-15)4-16-7/h1-4H,5,15H2,(H,17,18). The molecule has 0 spiro atoms. The Bertz CT molecular complexity index is 554. The molecule has 0 aliphatic rings. The van der Waals surface area contributed by atoms with Gasteiger partial charge in [-0.05, 0) is 12.1 Å². The molecule has 0 aliphatic heterocycles. The predicted molar refractivity (Wildman–Crippen MR) is 75.6 cm³/mol. The number of hydrogen-bond donors (Lipinski definition) is 2. The molecular weight excluding hydrogens is 311 g/mol. The monoisotopic (exact) mass is 318 g/mol. The minimum Gasteiger partial charge on any atom is -0.484 e. The maximum Gasteiger partial charge on any atom is 0.158 e. The lowest BCUT2D eigenvalue weighted by molar-refractivity contribution is 0.301. The van der Waals surface area contributed by atoms with Gasteiger partial charge in [-0.15, -0.1) is 0 Å². The van der Waals surface area contributed by atoms with Crippen LogP contribution in [0.2, 0.25) is 15.1 Å². The maximum atomic E-state index is 5.99. The van der Waals surface area contributed by atoms with Crippen molar-refractivity contribution in [2.75, 3.05) is 5.43 Å². The summed E-state index contributed by atoms with van der Waals surface area (Å²) in [6.45, 7) is 0.179. The summed E-state index contributed by atoms with van der Waals surface area (Å²) in [5, 5.41) is 1.12. The van der Waals surface area contributed by atoms with E-state index in [1.807, 2.05) is 0 Å². The number of nitrogens with two attached hydrogens (primary N) is 1. The molecule has 0 bridgehead atoms. The van der Waals surface area contributed by atoms with Crippen LogP contribution in [-0.4, -0.2) is 9.97 Å². The van der Waals surface area contributed by atoms with Gasteiger partial charge in [0, 0.05) is 5.02 Å². The van der Waals surface area contributed by atoms with Crippen LogP contribution in [0.15, 0.2) is 24.5 Å². The molecule has 1 aromatic heterocycles. The molecular formula is C11H9Cl3N4O. The quantitative estimate of drug-likeness (QED) is 0.668. The molecule has 0 radical (unpaired) electrons. The van der Waals surface area contributed by atoms with Gasteiger partial charge in [0.25, 0.3) is 0 Å². The first-order valence-electron chi connectivity index (χ1n) is 5.15. The first-order chi connectivity index (χ1) is 9.10. The summed E-state index contributed by atoms with van der Waals surface area (Å²) in [4.78, 5) is 8.10. The van der Waals surface area contributed by atoms with Crippen LogP contribution in [0.1, 0.15) is 5.69 Å². The van der Waals surface area contributed by atoms with E-state index in [9.17, 15) is 0 Å². The van der Waals surface area contributed by atoms with Gasteiger partial charge in [-0.3, -0.25) is 4.98 Å². The van der Waals surface area contributed by atoms with Crippen LogP contribution in [0, 0.1) is 0 Å². The SMILES string of the molecule is NNc1cnc(COc2c(Cl)cc(Cl)cc2Cl)cn1. The van der Waals surface area contributed by atoms with Crippen LogP contribution in [0.5, 0.6) is 5.75 Å². The maximum absolute atomic E-state index is 5.99. The van der Waals surface area contributed by atoms with E-state index in [1.54, 1.807) is 12.1 Å². The highest BCUT2D eigenvalue weighted by Crippen LogP contribution is 2.36. The second-order valence-corrected chi connectivity index (χ2v) is 4.78. The van der Waals surface area contributed by atoms with Crippen LogP contribution in [-0.2, 0) is 6.61 Å². The zero-order valence-electron chi connectivity index (χ0n) is 9.53. The van der Waals surface area contributed by atoms with E-state index in [0.717, 1.165) is 0 Å². The van der Waals surface area contributed by atoms with Crippen molar-refractivity contribution in [2.24, 2.45) is 5.84 Å². The summed E-state index contributed by atoms with van der Waals surface area (Å²) >= 11 is 17.8. The van der Waals surface area contributed by atoms with Crippen LogP contribution < -0.4 is 16.0 Å². The fourth-order valence-electron chi connectivity index (χ4n) is 1.32. The minimum absolute atomic E-state index is 0.179. The Labute approximate surface area is 124 Å². The number of aromatic nitrogens is 2. The van der Waals surface area contributed by atoms with E-state index < -0.39 is 0 Å². The molecule has 100 valence electrons. The molecule has 0 saturated carbocycles. The summed E-state index contributed by atoms with van der Waals surface area (Å²) in [6.07, 6.45) is 3.02. The Kier molecular flexibility index (Phi) is 4.66. The summed E-state index contributed by atoms with van der Waals surface area (Å²) in [5.41, 5.74) is 2.99. The Morgan fingerprint density at radius 3 is 2.32 bits per heavy atom. The Balaban J connectivity index is 2.10. The van der Waals surface area contributed by atoms with Gasteiger partial charge >= 0.3 is 0 Å². The van der Waals surface area contributed by atoms with Crippen LogP contribution >= 0.6 is 34.8 Å². The Morgan fingerprint density at radius 2 is 1.79 bits per heavy atom. The number of hydrogen-bond acceptors (Lipinski definition) is 5. The summed E-state index contributed by atoms with van der Waals surface area (Å²) < 4.78 is 5.51. The number of ether oxygens (including phenoxy) is 1. The third kappa shape index (κ3) is 3.61. The minimum atomic E-state index is 0.179. The number of rotatable bonds is 4. The van der Waals surface area contributed by atoms with Crippen molar-refractivity contribution in [3.63, 3.8) is 0 Å². The van der Waals surface area contributed by atoms with Crippen molar-refractivity contribution >= 4 is 40.6 Å². The van der Waals surface area contributed by atoms with Gasteiger partial charge in [0.15, 0.2) is 11.6 Å². The first kappa shape index (κ1) is 14.1. The third-order valence-electron chi connectivity index (χ3n) is 2.18. The normalized spacial score (nSPS) is 10.3. The van der Waals surface area contributed by atoms with Gasteiger partial charge in [0.2, 0.25) is 0 Å². The number of halogens is 3. The van der Waals surface area contributed by atoms with Crippen molar-refractivity contribution < 1.29 is 4.74 Å². The zero-order valence-corrected chi connectivity index (χ0v) is 11.8. The number of nitrogens with one attached hydrogen (secondary N) is 1. The van der Waals surface area contributed by atoms with Gasteiger partial charge in [-0.2, -0.15) is 0 Å². The molecule has 0 fully saturated rings. The number of anilines is 1. The van der Waals surface area contributed by atoms with Crippen LogP contribution in [0.3, 0.4) is 0 Å².